The van der Waals surface area contributed by atoms with Crippen LogP contribution in [0, 0.1) is 21.7 Å². The number of alkyl halides is 1. The van der Waals surface area contributed by atoms with Crippen LogP contribution in [0.1, 0.15) is 23.2 Å². The summed E-state index contributed by atoms with van der Waals surface area (Å²) in [6, 6.07) is 1.17. The zero-order chi connectivity index (χ0) is 14.9. The van der Waals surface area contributed by atoms with Crippen LogP contribution in [0.15, 0.2) is 12.1 Å². The molecule has 1 aromatic carbocycles. The molecule has 0 N–H and O–H groups in total. The first-order valence-corrected chi connectivity index (χ1v) is 7.08. The predicted octanol–water partition coefficient (Wildman–Crippen LogP) is 2.87. The highest BCUT2D eigenvalue weighted by Crippen LogP contribution is 2.30. The van der Waals surface area contributed by atoms with Gasteiger partial charge in [0, 0.05) is 17.9 Å². The number of nitrogens with zero attached hydrogens (tertiary/aromatic N) is 2. The zero-order valence-electron chi connectivity index (χ0n) is 10.3. The molecule has 0 heterocycles. The molecule has 5 nitrogen and oxygen atoms in total. The monoisotopic (exact) mass is 348 g/mol. The van der Waals surface area contributed by atoms with E-state index in [0.717, 1.165) is 12.8 Å². The standard InChI is InChI=1S/C12H11BrF2N2O3/c13-3-4-16(8-1-2-8)12(18)9-5-7(14)6-10(11(9)15)17(19)20/h5-6,8H,1-4H2. The van der Waals surface area contributed by atoms with Crippen LogP contribution in [-0.4, -0.2) is 33.6 Å². The fourth-order valence-corrected chi connectivity index (χ4v) is 2.33. The minimum atomic E-state index is -1.29. The van der Waals surface area contributed by atoms with Crippen molar-refractivity contribution in [3.8, 4) is 0 Å². The van der Waals surface area contributed by atoms with E-state index in [0.29, 0.717) is 24.0 Å². The first-order chi connectivity index (χ1) is 9.45. The smallest absolute Gasteiger partial charge is 0.308 e. The van der Waals surface area contributed by atoms with Crippen molar-refractivity contribution in [1.29, 1.82) is 0 Å². The summed E-state index contributed by atoms with van der Waals surface area (Å²) in [5.74, 6) is -3.01. The van der Waals surface area contributed by atoms with Crippen LogP contribution >= 0.6 is 15.9 Å². The highest BCUT2D eigenvalue weighted by Gasteiger charge is 2.35. The minimum absolute atomic E-state index is 0.00164. The molecular weight excluding hydrogens is 338 g/mol. The molecule has 2 rings (SSSR count). The van der Waals surface area contributed by atoms with E-state index in [1.165, 1.54) is 4.90 Å². The summed E-state index contributed by atoms with van der Waals surface area (Å²) in [5, 5.41) is 11.2. The Kier molecular flexibility index (Phi) is 4.32. The number of amides is 1. The van der Waals surface area contributed by atoms with Crippen LogP contribution in [0.4, 0.5) is 14.5 Å². The molecule has 8 heteroatoms. The summed E-state index contributed by atoms with van der Waals surface area (Å²) in [6.07, 6.45) is 1.61. The van der Waals surface area contributed by atoms with Gasteiger partial charge in [0.25, 0.3) is 5.91 Å². The van der Waals surface area contributed by atoms with Crippen molar-refractivity contribution in [1.82, 2.24) is 4.90 Å². The molecular formula is C12H11BrF2N2O3. The van der Waals surface area contributed by atoms with Gasteiger partial charge in [0.2, 0.25) is 5.82 Å². The van der Waals surface area contributed by atoms with E-state index in [2.05, 4.69) is 15.9 Å². The summed E-state index contributed by atoms with van der Waals surface area (Å²) in [5.41, 5.74) is -1.62. The van der Waals surface area contributed by atoms with Crippen molar-refractivity contribution < 1.29 is 18.5 Å². The Labute approximate surface area is 121 Å². The van der Waals surface area contributed by atoms with E-state index in [1.54, 1.807) is 0 Å². The second kappa shape index (κ2) is 5.82. The summed E-state index contributed by atoms with van der Waals surface area (Å²) in [6.45, 7) is 0.341. The van der Waals surface area contributed by atoms with Gasteiger partial charge in [0.15, 0.2) is 0 Å². The largest absolute Gasteiger partial charge is 0.335 e. The average molecular weight is 349 g/mol. The molecule has 108 valence electrons. The molecule has 20 heavy (non-hydrogen) atoms. The van der Waals surface area contributed by atoms with Crippen LogP contribution in [0.25, 0.3) is 0 Å². The second-order valence-electron chi connectivity index (χ2n) is 4.46. The highest BCUT2D eigenvalue weighted by molar-refractivity contribution is 9.09. The third kappa shape index (κ3) is 2.95. The molecule has 1 aliphatic carbocycles. The normalized spacial score (nSPS) is 14.2. The van der Waals surface area contributed by atoms with E-state index < -0.39 is 33.7 Å². The molecule has 1 saturated carbocycles. The van der Waals surface area contributed by atoms with Gasteiger partial charge in [-0.05, 0) is 18.9 Å². The SMILES string of the molecule is O=C(c1cc(F)cc([N+](=O)[O-])c1F)N(CCBr)C1CC1. The maximum absolute atomic E-state index is 14.0. The third-order valence-electron chi connectivity index (χ3n) is 3.02. The number of hydrogen-bond donors (Lipinski definition) is 0. The maximum Gasteiger partial charge on any atom is 0.308 e. The van der Waals surface area contributed by atoms with Crippen molar-refractivity contribution in [3.05, 3.63) is 39.4 Å². The Morgan fingerprint density at radius 3 is 2.60 bits per heavy atom. The van der Waals surface area contributed by atoms with E-state index in [4.69, 9.17) is 0 Å². The first kappa shape index (κ1) is 14.8. The molecule has 0 atom stereocenters. The van der Waals surface area contributed by atoms with Gasteiger partial charge in [-0.15, -0.1) is 0 Å². The predicted molar refractivity (Wildman–Crippen MR) is 70.9 cm³/mol. The molecule has 1 aromatic rings. The summed E-state index contributed by atoms with van der Waals surface area (Å²) in [4.78, 5) is 23.3. The van der Waals surface area contributed by atoms with Crippen LogP contribution in [0.5, 0.6) is 0 Å². The molecule has 0 bridgehead atoms. The lowest BCUT2D eigenvalue weighted by Gasteiger charge is -2.21. The highest BCUT2D eigenvalue weighted by atomic mass is 79.9. The lowest BCUT2D eigenvalue weighted by atomic mass is 10.1. The van der Waals surface area contributed by atoms with E-state index in [1.807, 2.05) is 0 Å². The van der Waals surface area contributed by atoms with Gasteiger partial charge in [-0.2, -0.15) is 4.39 Å². The van der Waals surface area contributed by atoms with Gasteiger partial charge >= 0.3 is 5.69 Å². The van der Waals surface area contributed by atoms with E-state index in [-0.39, 0.29) is 6.04 Å². The Morgan fingerprint density at radius 1 is 1.45 bits per heavy atom. The molecule has 0 aliphatic heterocycles. The molecule has 0 unspecified atom stereocenters. The van der Waals surface area contributed by atoms with Gasteiger partial charge < -0.3 is 4.90 Å². The summed E-state index contributed by atoms with van der Waals surface area (Å²) < 4.78 is 27.3. The molecule has 0 saturated heterocycles. The van der Waals surface area contributed by atoms with Crippen molar-refractivity contribution in [2.24, 2.45) is 0 Å². The van der Waals surface area contributed by atoms with Crippen molar-refractivity contribution in [2.75, 3.05) is 11.9 Å². The number of carbonyl (C=O) groups is 1. The quantitative estimate of drug-likeness (QED) is 0.467. The molecule has 1 fully saturated rings. The number of halogens is 3. The topological polar surface area (TPSA) is 63.4 Å². The second-order valence-corrected chi connectivity index (χ2v) is 5.26. The Bertz CT molecular complexity index is 564. The molecule has 0 spiro atoms. The lowest BCUT2D eigenvalue weighted by molar-refractivity contribution is -0.387. The number of benzene rings is 1. The fourth-order valence-electron chi connectivity index (χ4n) is 1.95. The maximum atomic E-state index is 14.0. The number of hydrogen-bond acceptors (Lipinski definition) is 3. The van der Waals surface area contributed by atoms with Crippen LogP contribution < -0.4 is 0 Å². The van der Waals surface area contributed by atoms with Gasteiger partial charge in [0.05, 0.1) is 16.6 Å². The van der Waals surface area contributed by atoms with Crippen molar-refractivity contribution >= 4 is 27.5 Å². The van der Waals surface area contributed by atoms with Crippen LogP contribution in [0.3, 0.4) is 0 Å². The zero-order valence-corrected chi connectivity index (χ0v) is 11.9. The van der Waals surface area contributed by atoms with Crippen LogP contribution in [0.2, 0.25) is 0 Å². The van der Waals surface area contributed by atoms with Gasteiger partial charge in [0.1, 0.15) is 5.82 Å². The Morgan fingerprint density at radius 2 is 2.10 bits per heavy atom. The number of rotatable bonds is 5. The number of nitro benzene ring substituents is 1. The molecule has 1 aliphatic rings. The third-order valence-corrected chi connectivity index (χ3v) is 3.37. The van der Waals surface area contributed by atoms with Gasteiger partial charge in [-0.3, -0.25) is 14.9 Å². The Hall–Kier alpha value is -1.57. The Balaban J connectivity index is 2.40. The lowest BCUT2D eigenvalue weighted by Crippen LogP contribution is -2.35. The van der Waals surface area contributed by atoms with Crippen LogP contribution in [-0.2, 0) is 0 Å². The van der Waals surface area contributed by atoms with Crippen molar-refractivity contribution in [3.63, 3.8) is 0 Å². The summed E-state index contributed by atoms with van der Waals surface area (Å²) >= 11 is 3.19. The van der Waals surface area contributed by atoms with Gasteiger partial charge in [-0.1, -0.05) is 15.9 Å². The minimum Gasteiger partial charge on any atom is -0.335 e. The first-order valence-electron chi connectivity index (χ1n) is 5.96. The van der Waals surface area contributed by atoms with E-state index >= 15 is 0 Å². The van der Waals surface area contributed by atoms with Crippen molar-refractivity contribution in [2.45, 2.75) is 18.9 Å². The average Bonchev–Trinajstić information content (AvgIpc) is 3.21. The summed E-state index contributed by atoms with van der Waals surface area (Å²) in [7, 11) is 0. The fraction of sp³-hybridized carbons (Fsp3) is 0.417. The number of nitro groups is 1. The molecule has 0 aromatic heterocycles. The molecule has 0 radical (unpaired) electrons. The number of carbonyl (C=O) groups excluding carboxylic acids is 1. The van der Waals surface area contributed by atoms with E-state index in [9.17, 15) is 23.7 Å². The van der Waals surface area contributed by atoms with Gasteiger partial charge in [-0.25, -0.2) is 4.39 Å². The molecule has 1 amide bonds.